The van der Waals surface area contributed by atoms with E-state index >= 15 is 0 Å². The van der Waals surface area contributed by atoms with E-state index in [1.54, 1.807) is 36.4 Å². The highest BCUT2D eigenvalue weighted by atomic mass is 35.5. The van der Waals surface area contributed by atoms with E-state index in [4.69, 9.17) is 26.8 Å². The molecule has 0 aliphatic rings. The number of hydrogen-bond donors (Lipinski definition) is 1. The Morgan fingerprint density at radius 3 is 2.40 bits per heavy atom. The van der Waals surface area contributed by atoms with Crippen LogP contribution in [0.3, 0.4) is 0 Å². The second kappa shape index (κ2) is 7.36. The molecular formula is C18H15ClFN3O2. The number of hydrogen-bond acceptors (Lipinski definition) is 5. The van der Waals surface area contributed by atoms with Crippen molar-refractivity contribution >= 4 is 17.4 Å². The third-order valence-electron chi connectivity index (χ3n) is 3.48. The van der Waals surface area contributed by atoms with Gasteiger partial charge in [-0.3, -0.25) is 0 Å². The number of nitrogen functional groups attached to an aromatic ring is 1. The zero-order valence-electron chi connectivity index (χ0n) is 13.4. The lowest BCUT2D eigenvalue weighted by molar-refractivity contribution is 0.378. The van der Waals surface area contributed by atoms with Crippen molar-refractivity contribution in [1.29, 1.82) is 0 Å². The smallest absolute Gasteiger partial charge is 0.206 e. The van der Waals surface area contributed by atoms with E-state index in [0.29, 0.717) is 22.9 Å². The lowest BCUT2D eigenvalue weighted by Crippen LogP contribution is -2.05. The molecule has 128 valence electrons. The Bertz CT molecular complexity index is 882. The van der Waals surface area contributed by atoms with Crippen molar-refractivity contribution in [2.45, 2.75) is 6.42 Å². The minimum atomic E-state index is -0.338. The average Bonchev–Trinajstić information content (AvgIpc) is 2.60. The van der Waals surface area contributed by atoms with Crippen LogP contribution < -0.4 is 15.2 Å². The molecule has 2 N–H and O–H groups in total. The number of halogens is 2. The fraction of sp³-hybridized carbons (Fsp3) is 0.111. The van der Waals surface area contributed by atoms with Crippen LogP contribution in [0.4, 0.5) is 10.2 Å². The maximum Gasteiger partial charge on any atom is 0.206 e. The summed E-state index contributed by atoms with van der Waals surface area (Å²) in [5.41, 5.74) is 6.41. The number of nitrogens with zero attached hydrogens (tertiary/aromatic N) is 2. The maximum absolute atomic E-state index is 13.8. The number of para-hydroxylation sites is 2. The van der Waals surface area contributed by atoms with Crippen LogP contribution in [-0.4, -0.2) is 17.1 Å². The van der Waals surface area contributed by atoms with Gasteiger partial charge in [0.15, 0.2) is 22.5 Å². The van der Waals surface area contributed by atoms with Crippen molar-refractivity contribution in [3.8, 4) is 17.2 Å². The van der Waals surface area contributed by atoms with Gasteiger partial charge in [0.2, 0.25) is 5.75 Å². The van der Waals surface area contributed by atoms with Crippen molar-refractivity contribution in [3.63, 3.8) is 0 Å². The van der Waals surface area contributed by atoms with Crippen molar-refractivity contribution in [2.75, 3.05) is 12.8 Å². The van der Waals surface area contributed by atoms with E-state index in [1.165, 1.54) is 13.2 Å². The van der Waals surface area contributed by atoms with Crippen LogP contribution in [0.5, 0.6) is 17.2 Å². The number of ether oxygens (including phenoxy) is 2. The summed E-state index contributed by atoms with van der Waals surface area (Å²) in [6.07, 6.45) is 0.172. The topological polar surface area (TPSA) is 70.3 Å². The van der Waals surface area contributed by atoms with Crippen LogP contribution >= 0.6 is 11.6 Å². The molecule has 0 aliphatic carbocycles. The molecule has 2 aromatic carbocycles. The summed E-state index contributed by atoms with van der Waals surface area (Å²) in [5, 5.41) is 0.0461. The number of anilines is 1. The van der Waals surface area contributed by atoms with Crippen molar-refractivity contribution in [1.82, 2.24) is 9.97 Å². The van der Waals surface area contributed by atoms with Crippen molar-refractivity contribution in [2.24, 2.45) is 0 Å². The van der Waals surface area contributed by atoms with Crippen LogP contribution in [0.15, 0.2) is 48.5 Å². The highest BCUT2D eigenvalue weighted by Crippen LogP contribution is 2.37. The second-order valence-electron chi connectivity index (χ2n) is 5.17. The molecule has 0 radical (unpaired) electrons. The maximum atomic E-state index is 13.8. The lowest BCUT2D eigenvalue weighted by Gasteiger charge is -2.13. The van der Waals surface area contributed by atoms with Gasteiger partial charge in [0.05, 0.1) is 7.11 Å². The van der Waals surface area contributed by atoms with Gasteiger partial charge in [0.25, 0.3) is 0 Å². The molecule has 25 heavy (non-hydrogen) atoms. The molecule has 0 aliphatic heterocycles. The summed E-state index contributed by atoms with van der Waals surface area (Å²) >= 11 is 6.20. The summed E-state index contributed by atoms with van der Waals surface area (Å²) in [7, 11) is 1.53. The van der Waals surface area contributed by atoms with Crippen LogP contribution in [0.25, 0.3) is 0 Å². The molecule has 0 bridgehead atoms. The molecule has 0 atom stereocenters. The van der Waals surface area contributed by atoms with Gasteiger partial charge in [0.1, 0.15) is 11.6 Å². The molecule has 7 heteroatoms. The zero-order chi connectivity index (χ0) is 17.8. The van der Waals surface area contributed by atoms with Crippen molar-refractivity contribution < 1.29 is 13.9 Å². The van der Waals surface area contributed by atoms with Crippen molar-refractivity contribution in [3.05, 3.63) is 70.9 Å². The number of nitrogens with two attached hydrogens (primary N) is 1. The van der Waals surface area contributed by atoms with E-state index in [-0.39, 0.29) is 29.0 Å². The van der Waals surface area contributed by atoms with E-state index in [9.17, 15) is 4.39 Å². The first kappa shape index (κ1) is 17.0. The van der Waals surface area contributed by atoms with Crippen LogP contribution in [0, 0.1) is 5.82 Å². The number of aromatic nitrogens is 2. The van der Waals surface area contributed by atoms with Gasteiger partial charge in [-0.05, 0) is 23.8 Å². The molecule has 0 saturated heterocycles. The first-order valence-corrected chi connectivity index (χ1v) is 7.82. The van der Waals surface area contributed by atoms with Crippen LogP contribution in [0.1, 0.15) is 11.4 Å². The minimum absolute atomic E-state index is 0.0461. The highest BCUT2D eigenvalue weighted by molar-refractivity contribution is 6.31. The monoisotopic (exact) mass is 359 g/mol. The summed E-state index contributed by atoms with van der Waals surface area (Å²) in [5.74, 6) is 1.12. The Labute approximate surface area is 149 Å². The van der Waals surface area contributed by atoms with E-state index in [0.717, 1.165) is 0 Å². The first-order valence-electron chi connectivity index (χ1n) is 7.44. The molecule has 0 amide bonds. The molecule has 1 aromatic heterocycles. The Morgan fingerprint density at radius 1 is 1.04 bits per heavy atom. The zero-order valence-corrected chi connectivity index (χ0v) is 14.1. The van der Waals surface area contributed by atoms with E-state index in [2.05, 4.69) is 9.97 Å². The van der Waals surface area contributed by atoms with Gasteiger partial charge in [-0.15, -0.1) is 0 Å². The molecule has 0 saturated carbocycles. The van der Waals surface area contributed by atoms with Crippen LogP contribution in [-0.2, 0) is 6.42 Å². The van der Waals surface area contributed by atoms with Gasteiger partial charge in [-0.25, -0.2) is 14.4 Å². The first-order chi connectivity index (χ1) is 12.1. The number of rotatable bonds is 5. The molecule has 1 heterocycles. The van der Waals surface area contributed by atoms with Gasteiger partial charge in [0, 0.05) is 6.42 Å². The molecular weight excluding hydrogens is 345 g/mol. The third-order valence-corrected chi connectivity index (χ3v) is 3.74. The summed E-state index contributed by atoms with van der Waals surface area (Å²) in [6.45, 7) is 0. The Morgan fingerprint density at radius 2 is 1.72 bits per heavy atom. The summed E-state index contributed by atoms with van der Waals surface area (Å²) in [4.78, 5) is 8.34. The number of methoxy groups -OCH3 is 1. The fourth-order valence-electron chi connectivity index (χ4n) is 2.28. The highest BCUT2D eigenvalue weighted by Gasteiger charge is 2.16. The van der Waals surface area contributed by atoms with Gasteiger partial charge >= 0.3 is 0 Å². The summed E-state index contributed by atoms with van der Waals surface area (Å²) < 4.78 is 24.7. The van der Waals surface area contributed by atoms with Gasteiger partial charge in [-0.2, -0.15) is 0 Å². The fourth-order valence-corrected chi connectivity index (χ4v) is 2.52. The summed E-state index contributed by atoms with van der Waals surface area (Å²) in [6, 6.07) is 13.4. The number of benzene rings is 2. The third kappa shape index (κ3) is 3.80. The Hall–Kier alpha value is -2.86. The van der Waals surface area contributed by atoms with E-state index in [1.807, 2.05) is 6.07 Å². The predicted molar refractivity (Wildman–Crippen MR) is 93.7 cm³/mol. The van der Waals surface area contributed by atoms with Gasteiger partial charge in [-0.1, -0.05) is 41.9 Å². The standard InChI is InChI=1S/C18H15ClFN3O2/c1-24-13-8-4-5-9-14(13)25-16-17(19)22-15(23-18(16)21)10-11-6-2-3-7-12(11)20/h2-9H,10H2,1H3,(H2,21,22,23). The van der Waals surface area contributed by atoms with E-state index < -0.39 is 0 Å². The lowest BCUT2D eigenvalue weighted by atomic mass is 10.1. The largest absolute Gasteiger partial charge is 0.493 e. The van der Waals surface area contributed by atoms with Gasteiger partial charge < -0.3 is 15.2 Å². The Kier molecular flexibility index (Phi) is 5.00. The molecule has 5 nitrogen and oxygen atoms in total. The normalized spacial score (nSPS) is 10.5. The molecule has 3 rings (SSSR count). The molecule has 0 spiro atoms. The van der Waals surface area contributed by atoms with Crippen LogP contribution in [0.2, 0.25) is 5.15 Å². The quantitative estimate of drug-likeness (QED) is 0.690. The molecule has 0 unspecified atom stereocenters. The average molecular weight is 360 g/mol. The molecule has 0 fully saturated rings. The predicted octanol–water partition coefficient (Wildman–Crippen LogP) is 4.24. The Balaban J connectivity index is 1.89. The minimum Gasteiger partial charge on any atom is -0.493 e. The second-order valence-corrected chi connectivity index (χ2v) is 5.52. The molecule has 3 aromatic rings. The SMILES string of the molecule is COc1ccccc1Oc1c(N)nc(Cc2ccccc2F)nc1Cl.